The SMILES string of the molecule is COc1cccc(F)c1CNc1ccc(-c2ccc(S(C)(=N)=O)cc2C)c2nncn12. The summed E-state index contributed by atoms with van der Waals surface area (Å²) in [6.45, 7) is 2.14. The molecular formula is C22H22FN5O2S. The Morgan fingerprint density at radius 1 is 1.19 bits per heavy atom. The van der Waals surface area contributed by atoms with Crippen molar-refractivity contribution in [3.63, 3.8) is 0 Å². The molecule has 2 aromatic heterocycles. The van der Waals surface area contributed by atoms with Gasteiger partial charge in [-0.2, -0.15) is 0 Å². The monoisotopic (exact) mass is 439 g/mol. The van der Waals surface area contributed by atoms with Gasteiger partial charge in [-0.05, 0) is 54.4 Å². The molecule has 0 spiro atoms. The average molecular weight is 440 g/mol. The van der Waals surface area contributed by atoms with E-state index in [1.54, 1.807) is 35.0 Å². The van der Waals surface area contributed by atoms with Crippen LogP contribution in [0.1, 0.15) is 11.1 Å². The Kier molecular flexibility index (Phi) is 5.36. The third-order valence-electron chi connectivity index (χ3n) is 5.14. The second kappa shape index (κ2) is 7.99. The van der Waals surface area contributed by atoms with Crippen LogP contribution < -0.4 is 10.1 Å². The van der Waals surface area contributed by atoms with Gasteiger partial charge in [-0.25, -0.2) is 13.4 Å². The number of hydrogen-bond acceptors (Lipinski definition) is 6. The van der Waals surface area contributed by atoms with Gasteiger partial charge in [0.25, 0.3) is 0 Å². The zero-order chi connectivity index (χ0) is 22.2. The first-order valence-electron chi connectivity index (χ1n) is 9.52. The highest BCUT2D eigenvalue weighted by atomic mass is 32.2. The van der Waals surface area contributed by atoms with Crippen molar-refractivity contribution in [2.75, 3.05) is 18.7 Å². The molecule has 0 fully saturated rings. The van der Waals surface area contributed by atoms with E-state index in [9.17, 15) is 8.60 Å². The van der Waals surface area contributed by atoms with Crippen LogP contribution in [0, 0.1) is 17.5 Å². The van der Waals surface area contributed by atoms with E-state index in [-0.39, 0.29) is 12.4 Å². The number of aromatic nitrogens is 3. The van der Waals surface area contributed by atoms with E-state index in [0.29, 0.717) is 27.7 Å². The molecule has 0 bridgehead atoms. The van der Waals surface area contributed by atoms with Crippen molar-refractivity contribution in [1.29, 1.82) is 4.78 Å². The maximum atomic E-state index is 14.3. The summed E-state index contributed by atoms with van der Waals surface area (Å²) in [7, 11) is -1.28. The molecule has 0 aliphatic rings. The Hall–Kier alpha value is -3.46. The quantitative estimate of drug-likeness (QED) is 0.461. The molecular weight excluding hydrogens is 417 g/mol. The minimum absolute atomic E-state index is 0.227. The van der Waals surface area contributed by atoms with E-state index >= 15 is 0 Å². The molecule has 160 valence electrons. The second-order valence-corrected chi connectivity index (χ2v) is 9.41. The van der Waals surface area contributed by atoms with E-state index < -0.39 is 9.73 Å². The number of nitrogens with one attached hydrogen (secondary N) is 2. The first-order valence-corrected chi connectivity index (χ1v) is 11.5. The Labute approximate surface area is 179 Å². The number of ether oxygens (including phenoxy) is 1. The van der Waals surface area contributed by atoms with E-state index in [1.165, 1.54) is 19.4 Å². The van der Waals surface area contributed by atoms with Gasteiger partial charge in [0, 0.05) is 28.8 Å². The van der Waals surface area contributed by atoms with Crippen LogP contribution in [-0.2, 0) is 16.3 Å². The summed E-state index contributed by atoms with van der Waals surface area (Å²) in [5.74, 6) is 0.828. The van der Waals surface area contributed by atoms with Crippen molar-refractivity contribution in [2.24, 2.45) is 0 Å². The van der Waals surface area contributed by atoms with Gasteiger partial charge >= 0.3 is 0 Å². The van der Waals surface area contributed by atoms with Crippen molar-refractivity contribution in [1.82, 2.24) is 14.6 Å². The Morgan fingerprint density at radius 3 is 2.68 bits per heavy atom. The molecule has 0 radical (unpaired) electrons. The number of benzene rings is 2. The van der Waals surface area contributed by atoms with Crippen molar-refractivity contribution < 1.29 is 13.3 Å². The van der Waals surface area contributed by atoms with Gasteiger partial charge in [-0.3, -0.25) is 4.40 Å². The van der Waals surface area contributed by atoms with Crippen molar-refractivity contribution >= 4 is 21.2 Å². The van der Waals surface area contributed by atoms with E-state index in [2.05, 4.69) is 15.5 Å². The summed E-state index contributed by atoms with van der Waals surface area (Å²) < 4.78 is 41.2. The third-order valence-corrected chi connectivity index (χ3v) is 6.29. The average Bonchev–Trinajstić information content (AvgIpc) is 3.22. The van der Waals surface area contributed by atoms with E-state index in [0.717, 1.165) is 16.7 Å². The van der Waals surface area contributed by atoms with Gasteiger partial charge in [0.15, 0.2) is 5.65 Å². The molecule has 0 saturated heterocycles. The van der Waals surface area contributed by atoms with E-state index in [4.69, 9.17) is 9.52 Å². The van der Waals surface area contributed by atoms with Crippen LogP contribution in [0.3, 0.4) is 0 Å². The lowest BCUT2D eigenvalue weighted by Crippen LogP contribution is -2.07. The summed E-state index contributed by atoms with van der Waals surface area (Å²) in [6.07, 6.45) is 3.00. The third kappa shape index (κ3) is 3.96. The zero-order valence-electron chi connectivity index (χ0n) is 17.3. The summed E-state index contributed by atoms with van der Waals surface area (Å²) in [6, 6.07) is 13.8. The minimum Gasteiger partial charge on any atom is -0.496 e. The predicted molar refractivity (Wildman–Crippen MR) is 118 cm³/mol. The Morgan fingerprint density at radius 2 is 1.97 bits per heavy atom. The number of rotatable bonds is 6. The number of anilines is 1. The molecule has 2 N–H and O–H groups in total. The van der Waals surface area contributed by atoms with Gasteiger partial charge in [-0.1, -0.05) is 12.1 Å². The number of nitrogens with zero attached hydrogens (tertiary/aromatic N) is 3. The van der Waals surface area contributed by atoms with Crippen LogP contribution in [0.4, 0.5) is 10.2 Å². The number of pyridine rings is 1. The van der Waals surface area contributed by atoms with Crippen LogP contribution in [0.25, 0.3) is 16.8 Å². The van der Waals surface area contributed by atoms with Gasteiger partial charge in [-0.15, -0.1) is 10.2 Å². The Balaban J connectivity index is 1.71. The Bertz CT molecular complexity index is 1380. The van der Waals surface area contributed by atoms with Gasteiger partial charge in [0.05, 0.1) is 16.8 Å². The van der Waals surface area contributed by atoms with Crippen LogP contribution in [0.2, 0.25) is 0 Å². The molecule has 1 unspecified atom stereocenters. The molecule has 0 aliphatic heterocycles. The van der Waals surface area contributed by atoms with Crippen molar-refractivity contribution in [2.45, 2.75) is 18.4 Å². The number of halogens is 1. The number of hydrogen-bond donors (Lipinski definition) is 2. The van der Waals surface area contributed by atoms with Crippen LogP contribution in [-0.4, -0.2) is 32.2 Å². The first kappa shape index (κ1) is 20.8. The largest absolute Gasteiger partial charge is 0.496 e. The number of fused-ring (bicyclic) bond motifs is 1. The predicted octanol–water partition coefficient (Wildman–Crippen LogP) is 4.50. The summed E-state index contributed by atoms with van der Waals surface area (Å²) in [4.78, 5) is 0.489. The molecule has 4 rings (SSSR count). The first-order chi connectivity index (χ1) is 14.8. The van der Waals surface area contributed by atoms with Crippen LogP contribution in [0.5, 0.6) is 5.75 Å². The molecule has 0 amide bonds. The molecule has 4 aromatic rings. The molecule has 9 heteroatoms. The molecule has 0 aliphatic carbocycles. The lowest BCUT2D eigenvalue weighted by atomic mass is 10.0. The topological polar surface area (TPSA) is 92.4 Å². The highest BCUT2D eigenvalue weighted by molar-refractivity contribution is 7.91. The molecule has 2 heterocycles. The second-order valence-electron chi connectivity index (χ2n) is 7.25. The van der Waals surface area contributed by atoms with Crippen molar-refractivity contribution in [3.05, 3.63) is 71.8 Å². The normalized spacial score (nSPS) is 13.2. The highest BCUT2D eigenvalue weighted by Gasteiger charge is 2.15. The summed E-state index contributed by atoms with van der Waals surface area (Å²) >= 11 is 0. The fourth-order valence-electron chi connectivity index (χ4n) is 3.53. The summed E-state index contributed by atoms with van der Waals surface area (Å²) in [5, 5.41) is 11.5. The lowest BCUT2D eigenvalue weighted by Gasteiger charge is -2.14. The van der Waals surface area contributed by atoms with Gasteiger partial charge in [0.1, 0.15) is 23.7 Å². The zero-order valence-corrected chi connectivity index (χ0v) is 18.2. The highest BCUT2D eigenvalue weighted by Crippen LogP contribution is 2.31. The molecule has 2 aromatic carbocycles. The molecule has 1 atom stereocenters. The number of methoxy groups -OCH3 is 1. The summed E-state index contributed by atoms with van der Waals surface area (Å²) in [5.41, 5.74) is 3.71. The smallest absolute Gasteiger partial charge is 0.170 e. The minimum atomic E-state index is -2.79. The fourth-order valence-corrected chi connectivity index (χ4v) is 4.26. The van der Waals surface area contributed by atoms with Crippen LogP contribution in [0.15, 0.2) is 59.8 Å². The molecule has 31 heavy (non-hydrogen) atoms. The standard InChI is InChI=1S/C22H22FN5O2S/c1-14-11-15(31(3,24)29)7-8-16(14)17-9-10-21(28-13-26-27-22(17)28)25-12-18-19(23)5-4-6-20(18)30-2/h4-11,13,24-25H,12H2,1-3H3. The lowest BCUT2D eigenvalue weighted by molar-refractivity contribution is 0.405. The number of aryl methyl sites for hydroxylation is 1. The van der Waals surface area contributed by atoms with Gasteiger partial charge < -0.3 is 10.1 Å². The maximum Gasteiger partial charge on any atom is 0.170 e. The van der Waals surface area contributed by atoms with Crippen molar-refractivity contribution in [3.8, 4) is 16.9 Å². The van der Waals surface area contributed by atoms with E-state index in [1.807, 2.05) is 25.1 Å². The molecule has 7 nitrogen and oxygen atoms in total. The fraction of sp³-hybridized carbons (Fsp3) is 0.182. The van der Waals surface area contributed by atoms with Crippen LogP contribution >= 0.6 is 0 Å². The molecule has 0 saturated carbocycles. The maximum absolute atomic E-state index is 14.3. The van der Waals surface area contributed by atoms with Gasteiger partial charge in [0.2, 0.25) is 0 Å².